The van der Waals surface area contributed by atoms with E-state index in [1.54, 1.807) is 19.2 Å². The van der Waals surface area contributed by atoms with Crippen LogP contribution in [0.2, 0.25) is 0 Å². The fraction of sp³-hybridized carbons (Fsp3) is 0.278. The Kier molecular flexibility index (Phi) is 5.86. The molecule has 0 aliphatic heterocycles. The first-order valence-corrected chi connectivity index (χ1v) is 7.31. The van der Waals surface area contributed by atoms with E-state index in [0.29, 0.717) is 35.8 Å². The van der Waals surface area contributed by atoms with Gasteiger partial charge in [-0.1, -0.05) is 18.2 Å². The van der Waals surface area contributed by atoms with Crippen molar-refractivity contribution in [3.8, 4) is 17.2 Å². The van der Waals surface area contributed by atoms with Crippen LogP contribution in [-0.4, -0.2) is 33.7 Å². The molecule has 0 amide bonds. The quantitative estimate of drug-likeness (QED) is 0.757. The molecule has 23 heavy (non-hydrogen) atoms. The minimum atomic E-state index is -0.0511. The zero-order valence-electron chi connectivity index (χ0n) is 13.6. The highest BCUT2D eigenvalue weighted by Gasteiger charge is 2.19. The van der Waals surface area contributed by atoms with Crippen molar-refractivity contribution in [3.05, 3.63) is 48.0 Å². The van der Waals surface area contributed by atoms with Gasteiger partial charge in [-0.15, -0.1) is 0 Å². The molecule has 1 N–H and O–H groups in total. The number of anilines is 1. The second kappa shape index (κ2) is 8.08. The molecule has 0 saturated carbocycles. The van der Waals surface area contributed by atoms with E-state index in [2.05, 4.69) is 5.32 Å². The maximum atomic E-state index is 12.6. The van der Waals surface area contributed by atoms with Crippen molar-refractivity contribution in [2.75, 3.05) is 33.2 Å². The highest BCUT2D eigenvalue weighted by Crippen LogP contribution is 2.34. The average Bonchev–Trinajstić information content (AvgIpc) is 2.61. The first-order valence-electron chi connectivity index (χ1n) is 7.31. The van der Waals surface area contributed by atoms with Gasteiger partial charge in [0, 0.05) is 30.8 Å². The van der Waals surface area contributed by atoms with Crippen LogP contribution >= 0.6 is 0 Å². The van der Waals surface area contributed by atoms with Crippen LogP contribution in [0.3, 0.4) is 0 Å². The number of para-hydroxylation sites is 1. The first kappa shape index (κ1) is 16.7. The van der Waals surface area contributed by atoms with Crippen LogP contribution < -0.4 is 19.5 Å². The van der Waals surface area contributed by atoms with Gasteiger partial charge in [-0.2, -0.15) is 0 Å². The number of ketones is 1. The Morgan fingerprint density at radius 2 is 1.57 bits per heavy atom. The standard InChI is InChI=1S/C18H21NO4/c1-21-14-11-16(22-2)18(17(12-14)23-3)15(20)9-10-19-13-7-5-4-6-8-13/h4-8,11-12,19H,9-10H2,1-3H3. The Labute approximate surface area is 136 Å². The molecule has 0 saturated heterocycles. The van der Waals surface area contributed by atoms with Crippen molar-refractivity contribution in [2.45, 2.75) is 6.42 Å². The molecule has 122 valence electrons. The molecule has 2 rings (SSSR count). The molecule has 0 unspecified atom stereocenters. The minimum Gasteiger partial charge on any atom is -0.496 e. The molecule has 0 heterocycles. The van der Waals surface area contributed by atoms with E-state index in [4.69, 9.17) is 14.2 Å². The van der Waals surface area contributed by atoms with E-state index in [0.717, 1.165) is 5.69 Å². The lowest BCUT2D eigenvalue weighted by atomic mass is 10.0. The van der Waals surface area contributed by atoms with Crippen molar-refractivity contribution in [1.82, 2.24) is 0 Å². The number of carbonyl (C=O) groups excluding carboxylic acids is 1. The largest absolute Gasteiger partial charge is 0.496 e. The summed E-state index contributed by atoms with van der Waals surface area (Å²) >= 11 is 0. The highest BCUT2D eigenvalue weighted by molar-refractivity contribution is 6.01. The monoisotopic (exact) mass is 315 g/mol. The van der Waals surface area contributed by atoms with Crippen LogP contribution in [0.5, 0.6) is 17.2 Å². The van der Waals surface area contributed by atoms with Gasteiger partial charge >= 0.3 is 0 Å². The van der Waals surface area contributed by atoms with Gasteiger partial charge < -0.3 is 19.5 Å². The normalized spacial score (nSPS) is 10.0. The Morgan fingerprint density at radius 3 is 2.09 bits per heavy atom. The minimum absolute atomic E-state index is 0.0511. The number of hydrogen-bond acceptors (Lipinski definition) is 5. The molecular formula is C18H21NO4. The van der Waals surface area contributed by atoms with Crippen LogP contribution in [0.25, 0.3) is 0 Å². The summed E-state index contributed by atoms with van der Waals surface area (Å²) in [6.07, 6.45) is 0.327. The smallest absolute Gasteiger partial charge is 0.172 e. The van der Waals surface area contributed by atoms with E-state index in [1.165, 1.54) is 14.2 Å². The molecule has 0 spiro atoms. The molecule has 0 atom stereocenters. The maximum absolute atomic E-state index is 12.6. The molecule has 5 nitrogen and oxygen atoms in total. The summed E-state index contributed by atoms with van der Waals surface area (Å²) in [5.74, 6) is 1.43. The Morgan fingerprint density at radius 1 is 0.957 bits per heavy atom. The van der Waals surface area contributed by atoms with Crippen LogP contribution in [-0.2, 0) is 0 Å². The number of hydrogen-bond donors (Lipinski definition) is 1. The molecule has 2 aromatic carbocycles. The number of methoxy groups -OCH3 is 3. The fourth-order valence-corrected chi connectivity index (χ4v) is 2.28. The van der Waals surface area contributed by atoms with Gasteiger partial charge in [-0.3, -0.25) is 4.79 Å². The molecular weight excluding hydrogens is 294 g/mol. The highest BCUT2D eigenvalue weighted by atomic mass is 16.5. The number of rotatable bonds is 8. The summed E-state index contributed by atoms with van der Waals surface area (Å²) in [7, 11) is 4.60. The van der Waals surface area contributed by atoms with E-state index < -0.39 is 0 Å². The second-order valence-corrected chi connectivity index (χ2v) is 4.87. The number of nitrogens with one attached hydrogen (secondary N) is 1. The lowest BCUT2D eigenvalue weighted by molar-refractivity contribution is 0.0980. The van der Waals surface area contributed by atoms with Gasteiger partial charge in [0.15, 0.2) is 5.78 Å². The predicted octanol–water partition coefficient (Wildman–Crippen LogP) is 3.40. The van der Waals surface area contributed by atoms with Crippen LogP contribution in [0.1, 0.15) is 16.8 Å². The van der Waals surface area contributed by atoms with E-state index >= 15 is 0 Å². The number of Topliss-reactive ketones (excluding diaryl/α,β-unsaturated/α-hetero) is 1. The average molecular weight is 315 g/mol. The van der Waals surface area contributed by atoms with Gasteiger partial charge in [0.05, 0.1) is 21.3 Å². The molecule has 5 heteroatoms. The topological polar surface area (TPSA) is 56.8 Å². The predicted molar refractivity (Wildman–Crippen MR) is 90.0 cm³/mol. The van der Waals surface area contributed by atoms with E-state index in [-0.39, 0.29) is 5.78 Å². The van der Waals surface area contributed by atoms with Gasteiger partial charge in [0.2, 0.25) is 0 Å². The number of carbonyl (C=O) groups is 1. The van der Waals surface area contributed by atoms with E-state index in [1.807, 2.05) is 30.3 Å². The van der Waals surface area contributed by atoms with Crippen molar-refractivity contribution in [2.24, 2.45) is 0 Å². The van der Waals surface area contributed by atoms with Gasteiger partial charge in [0.1, 0.15) is 22.8 Å². The third-order valence-corrected chi connectivity index (χ3v) is 3.45. The van der Waals surface area contributed by atoms with Crippen LogP contribution in [0.15, 0.2) is 42.5 Å². The molecule has 0 radical (unpaired) electrons. The zero-order valence-corrected chi connectivity index (χ0v) is 13.6. The van der Waals surface area contributed by atoms with Crippen LogP contribution in [0.4, 0.5) is 5.69 Å². The molecule has 0 aliphatic carbocycles. The molecule has 0 bridgehead atoms. The van der Waals surface area contributed by atoms with Crippen molar-refractivity contribution >= 4 is 11.5 Å². The lowest BCUT2D eigenvalue weighted by Crippen LogP contribution is -2.11. The number of benzene rings is 2. The molecule has 0 aromatic heterocycles. The molecule has 0 aliphatic rings. The third kappa shape index (κ3) is 4.16. The summed E-state index contributed by atoms with van der Waals surface area (Å²) in [4.78, 5) is 12.6. The number of ether oxygens (including phenoxy) is 3. The summed E-state index contributed by atoms with van der Waals surface area (Å²) in [6, 6.07) is 13.1. The Hall–Kier alpha value is -2.69. The second-order valence-electron chi connectivity index (χ2n) is 4.87. The van der Waals surface area contributed by atoms with Crippen molar-refractivity contribution in [1.29, 1.82) is 0 Å². The molecule has 2 aromatic rings. The first-order chi connectivity index (χ1) is 11.2. The van der Waals surface area contributed by atoms with E-state index in [9.17, 15) is 4.79 Å². The summed E-state index contributed by atoms with van der Waals surface area (Å²) in [5.41, 5.74) is 1.42. The fourth-order valence-electron chi connectivity index (χ4n) is 2.28. The summed E-state index contributed by atoms with van der Waals surface area (Å²) in [6.45, 7) is 0.529. The Bertz CT molecular complexity index is 630. The SMILES string of the molecule is COc1cc(OC)c(C(=O)CCNc2ccccc2)c(OC)c1. The third-order valence-electron chi connectivity index (χ3n) is 3.45. The Balaban J connectivity index is 2.11. The lowest BCUT2D eigenvalue weighted by Gasteiger charge is -2.14. The summed E-state index contributed by atoms with van der Waals surface area (Å²) < 4.78 is 15.8. The van der Waals surface area contributed by atoms with Crippen LogP contribution in [0, 0.1) is 0 Å². The zero-order chi connectivity index (χ0) is 16.7. The van der Waals surface area contributed by atoms with Crippen molar-refractivity contribution < 1.29 is 19.0 Å². The van der Waals surface area contributed by atoms with Crippen molar-refractivity contribution in [3.63, 3.8) is 0 Å². The molecule has 0 fully saturated rings. The van der Waals surface area contributed by atoms with Gasteiger partial charge in [-0.05, 0) is 12.1 Å². The van der Waals surface area contributed by atoms with Gasteiger partial charge in [0.25, 0.3) is 0 Å². The maximum Gasteiger partial charge on any atom is 0.172 e. The summed E-state index contributed by atoms with van der Waals surface area (Å²) in [5, 5.41) is 3.22. The van der Waals surface area contributed by atoms with Gasteiger partial charge in [-0.25, -0.2) is 0 Å².